The van der Waals surface area contributed by atoms with Crippen molar-refractivity contribution in [1.82, 2.24) is 19.8 Å². The number of piperazine rings is 1. The Morgan fingerprint density at radius 3 is 2.65 bits per heavy atom. The quantitative estimate of drug-likeness (QED) is 0.368. The molecule has 2 fully saturated rings. The molecule has 1 aromatic heterocycles. The van der Waals surface area contributed by atoms with Crippen LogP contribution in [0.4, 0.5) is 15.9 Å². The van der Waals surface area contributed by atoms with Gasteiger partial charge in [0.25, 0.3) is 5.91 Å². The van der Waals surface area contributed by atoms with Gasteiger partial charge in [-0.2, -0.15) is 15.2 Å². The van der Waals surface area contributed by atoms with Crippen LogP contribution in [0, 0.1) is 11.3 Å². The van der Waals surface area contributed by atoms with E-state index in [0.717, 1.165) is 52.9 Å². The second-order valence-corrected chi connectivity index (χ2v) is 12.5. The Hall–Kier alpha value is -3.68. The number of alkyl halides is 1. The zero-order valence-corrected chi connectivity index (χ0v) is 25.6. The van der Waals surface area contributed by atoms with E-state index >= 15 is 0 Å². The summed E-state index contributed by atoms with van der Waals surface area (Å²) in [5, 5.41) is 12.3. The Balaban J connectivity index is 1.34. The molecule has 2 unspecified atom stereocenters. The van der Waals surface area contributed by atoms with Gasteiger partial charge in [0.2, 0.25) is 0 Å². The van der Waals surface area contributed by atoms with E-state index in [1.807, 2.05) is 18.2 Å². The molecule has 1 aliphatic carbocycles. The van der Waals surface area contributed by atoms with Crippen molar-refractivity contribution in [3.8, 4) is 12.1 Å². The molecular weight excluding hydrogens is 569 g/mol. The standard InChI is InChI=1S/C32H37ClFN7O2/c1-21(34)30(42)41-17-16-40(18-23(41)10-14-35)29-24-11-15-39(27-9-5-7-22-6-4-8-25(33)28(22)27)19-26(24)36-31(37-29)43-20-32(12-13-32)38(2)3/h4-9,21,23H,10-13,15-20H2,1-3H3. The maximum absolute atomic E-state index is 14.0. The van der Waals surface area contributed by atoms with E-state index < -0.39 is 18.1 Å². The van der Waals surface area contributed by atoms with Crippen molar-refractivity contribution < 1.29 is 13.9 Å². The van der Waals surface area contributed by atoms with Crippen LogP contribution in [0.2, 0.25) is 5.02 Å². The summed E-state index contributed by atoms with van der Waals surface area (Å²) >= 11 is 6.68. The number of hydrogen-bond acceptors (Lipinski definition) is 8. The number of carbonyl (C=O) groups excluding carboxylic acids is 1. The average molecular weight is 606 g/mol. The van der Waals surface area contributed by atoms with Gasteiger partial charge < -0.3 is 24.3 Å². The number of likely N-dealkylation sites (N-methyl/N-ethyl adjacent to an activating group) is 1. The van der Waals surface area contributed by atoms with Gasteiger partial charge in [-0.25, -0.2) is 4.39 Å². The third-order valence-corrected chi connectivity index (χ3v) is 9.49. The van der Waals surface area contributed by atoms with Crippen LogP contribution in [0.25, 0.3) is 10.8 Å². The Morgan fingerprint density at radius 2 is 1.95 bits per heavy atom. The minimum atomic E-state index is -1.61. The van der Waals surface area contributed by atoms with E-state index in [2.05, 4.69) is 53.1 Å². The van der Waals surface area contributed by atoms with E-state index in [9.17, 15) is 14.4 Å². The van der Waals surface area contributed by atoms with E-state index in [-0.39, 0.29) is 12.0 Å². The van der Waals surface area contributed by atoms with Gasteiger partial charge in [0.1, 0.15) is 12.4 Å². The Labute approximate surface area is 256 Å². The fourth-order valence-corrected chi connectivity index (χ4v) is 6.65. The van der Waals surface area contributed by atoms with Crippen LogP contribution in [0.5, 0.6) is 6.01 Å². The highest BCUT2D eigenvalue weighted by molar-refractivity contribution is 6.36. The van der Waals surface area contributed by atoms with E-state index in [1.54, 1.807) is 0 Å². The lowest BCUT2D eigenvalue weighted by Gasteiger charge is -2.42. The normalized spacial score (nSPS) is 20.1. The maximum atomic E-state index is 14.0. The first-order valence-corrected chi connectivity index (χ1v) is 15.3. The summed E-state index contributed by atoms with van der Waals surface area (Å²) in [5.74, 6) is 0.199. The number of rotatable bonds is 8. The van der Waals surface area contributed by atoms with Crippen molar-refractivity contribution in [1.29, 1.82) is 5.26 Å². The van der Waals surface area contributed by atoms with Gasteiger partial charge >= 0.3 is 6.01 Å². The van der Waals surface area contributed by atoms with Gasteiger partial charge in [-0.3, -0.25) is 4.79 Å². The molecule has 2 aromatic carbocycles. The molecule has 226 valence electrons. The first-order chi connectivity index (χ1) is 20.7. The fraction of sp³-hybridized carbons (Fsp3) is 0.500. The van der Waals surface area contributed by atoms with Crippen molar-refractivity contribution in [2.45, 2.75) is 56.9 Å². The topological polar surface area (TPSA) is 88.8 Å². The molecule has 3 aliphatic rings. The Kier molecular flexibility index (Phi) is 8.05. The first kappa shape index (κ1) is 29.4. The number of anilines is 2. The second-order valence-electron chi connectivity index (χ2n) is 12.1. The molecule has 2 atom stereocenters. The lowest BCUT2D eigenvalue weighted by atomic mass is 10.0. The molecule has 0 radical (unpaired) electrons. The monoisotopic (exact) mass is 605 g/mol. The van der Waals surface area contributed by atoms with E-state index in [1.165, 1.54) is 11.8 Å². The summed E-state index contributed by atoms with van der Waals surface area (Å²) in [4.78, 5) is 30.6. The SMILES string of the molecule is CC(F)C(=O)N1CCN(c2nc(OCC3(N(C)C)CC3)nc3c2CCN(c2cccc4cccc(Cl)c24)C3)CC1CC#N. The molecule has 3 heterocycles. The van der Waals surface area contributed by atoms with Gasteiger partial charge in [-0.05, 0) is 57.8 Å². The minimum Gasteiger partial charge on any atom is -0.461 e. The van der Waals surface area contributed by atoms with Crippen LogP contribution >= 0.6 is 11.6 Å². The molecule has 1 saturated carbocycles. The molecule has 2 aliphatic heterocycles. The molecule has 0 N–H and O–H groups in total. The Bertz CT molecular complexity index is 1570. The number of carbonyl (C=O) groups is 1. The van der Waals surface area contributed by atoms with Gasteiger partial charge in [-0.1, -0.05) is 35.9 Å². The number of nitrogens with zero attached hydrogens (tertiary/aromatic N) is 7. The lowest BCUT2D eigenvalue weighted by molar-refractivity contribution is -0.138. The molecule has 0 bridgehead atoms. The zero-order valence-electron chi connectivity index (χ0n) is 24.9. The number of benzene rings is 2. The summed E-state index contributed by atoms with van der Waals surface area (Å²) in [6.07, 6.45) is 1.33. The van der Waals surface area contributed by atoms with E-state index in [0.29, 0.717) is 50.2 Å². The number of aromatic nitrogens is 2. The van der Waals surface area contributed by atoms with Crippen molar-refractivity contribution in [3.05, 3.63) is 52.7 Å². The fourth-order valence-electron chi connectivity index (χ4n) is 6.37. The predicted octanol–water partition coefficient (Wildman–Crippen LogP) is 4.61. The minimum absolute atomic E-state index is 0.00188. The maximum Gasteiger partial charge on any atom is 0.318 e. The van der Waals surface area contributed by atoms with Gasteiger partial charge in [0.15, 0.2) is 6.17 Å². The number of fused-ring (bicyclic) bond motifs is 2. The van der Waals surface area contributed by atoms with Gasteiger partial charge in [-0.15, -0.1) is 0 Å². The van der Waals surface area contributed by atoms with Crippen molar-refractivity contribution in [2.24, 2.45) is 0 Å². The summed E-state index contributed by atoms with van der Waals surface area (Å²) < 4.78 is 20.3. The third kappa shape index (κ3) is 5.68. The smallest absolute Gasteiger partial charge is 0.318 e. The van der Waals surface area contributed by atoms with Crippen LogP contribution in [0.3, 0.4) is 0 Å². The zero-order chi connectivity index (χ0) is 30.3. The van der Waals surface area contributed by atoms with Crippen LogP contribution in [0.15, 0.2) is 36.4 Å². The molecule has 3 aromatic rings. The summed E-state index contributed by atoms with van der Waals surface area (Å²) in [5.41, 5.74) is 2.98. The molecule has 43 heavy (non-hydrogen) atoms. The number of halogens is 2. The molecular formula is C32H37ClFN7O2. The third-order valence-electron chi connectivity index (χ3n) is 9.17. The number of ether oxygens (including phenoxy) is 1. The summed E-state index contributed by atoms with van der Waals surface area (Å²) in [7, 11) is 4.13. The van der Waals surface area contributed by atoms with Crippen molar-refractivity contribution >= 4 is 39.8 Å². The van der Waals surface area contributed by atoms with Crippen molar-refractivity contribution in [2.75, 3.05) is 56.7 Å². The average Bonchev–Trinajstić information content (AvgIpc) is 3.80. The molecule has 1 amide bonds. The van der Waals surface area contributed by atoms with Crippen LogP contribution in [0.1, 0.15) is 37.4 Å². The molecule has 9 nitrogen and oxygen atoms in total. The molecule has 1 saturated heterocycles. The molecule has 0 spiro atoms. The summed E-state index contributed by atoms with van der Waals surface area (Å²) in [6, 6.07) is 14.2. The van der Waals surface area contributed by atoms with Crippen LogP contribution in [-0.2, 0) is 17.8 Å². The van der Waals surface area contributed by atoms with Crippen molar-refractivity contribution in [3.63, 3.8) is 0 Å². The Morgan fingerprint density at radius 1 is 1.19 bits per heavy atom. The number of amides is 1. The van der Waals surface area contributed by atoms with Crippen LogP contribution < -0.4 is 14.5 Å². The van der Waals surface area contributed by atoms with E-state index in [4.69, 9.17) is 26.3 Å². The summed E-state index contributed by atoms with van der Waals surface area (Å²) in [6.45, 7) is 4.23. The number of nitriles is 1. The highest BCUT2D eigenvalue weighted by Gasteiger charge is 2.46. The molecule has 11 heteroatoms. The van der Waals surface area contributed by atoms with Gasteiger partial charge in [0, 0.05) is 42.8 Å². The lowest BCUT2D eigenvalue weighted by Crippen LogP contribution is -2.57. The number of hydrogen-bond donors (Lipinski definition) is 0. The molecule has 6 rings (SSSR count). The second kappa shape index (κ2) is 11.8. The predicted molar refractivity (Wildman–Crippen MR) is 165 cm³/mol. The largest absolute Gasteiger partial charge is 0.461 e. The highest BCUT2D eigenvalue weighted by Crippen LogP contribution is 2.41. The first-order valence-electron chi connectivity index (χ1n) is 14.9. The van der Waals surface area contributed by atoms with Gasteiger partial charge in [0.05, 0.1) is 41.3 Å². The van der Waals surface area contributed by atoms with Crippen LogP contribution in [-0.4, -0.2) is 90.3 Å². The highest BCUT2D eigenvalue weighted by atomic mass is 35.5.